The maximum Gasteiger partial charge on any atom is 0.582 e. The quantitative estimate of drug-likeness (QED) is 0.0783. The van der Waals surface area contributed by atoms with Crippen LogP contribution in [0.5, 0.6) is 0 Å². The van der Waals surface area contributed by atoms with E-state index in [4.69, 9.17) is 40.6 Å². The Kier molecular flexibility index (Phi) is 7.47. The number of aromatic amines is 2. The lowest BCUT2D eigenvalue weighted by atomic mass is 10.1. The van der Waals surface area contributed by atoms with Crippen LogP contribution in [0.4, 0.5) is 10.3 Å². The molecule has 11 atom stereocenters. The van der Waals surface area contributed by atoms with E-state index in [1.54, 1.807) is 0 Å². The van der Waals surface area contributed by atoms with Gasteiger partial charge in [0, 0.05) is 0 Å². The van der Waals surface area contributed by atoms with Crippen molar-refractivity contribution < 1.29 is 47.1 Å². The van der Waals surface area contributed by atoms with Gasteiger partial charge in [-0.2, -0.15) is 4.98 Å². The van der Waals surface area contributed by atoms with E-state index in [1.807, 2.05) is 0 Å². The average Bonchev–Trinajstić information content (AvgIpc) is 3.49. The number of nitrogen functional groups attached to an aromatic ring is 1. The predicted molar refractivity (Wildman–Crippen MR) is 153 cm³/mol. The van der Waals surface area contributed by atoms with Crippen molar-refractivity contribution in [2.24, 2.45) is 0 Å². The highest BCUT2D eigenvalue weighted by Gasteiger charge is 2.80. The van der Waals surface area contributed by atoms with E-state index < -0.39 is 86.4 Å². The standard InChI is InChI=1S/C20H20FN9O11P2S2/c21-10-18(29-3-25-6-13(29)23-2-24-15(6)32)39-11-12(20(10,11)34)41-43(36,45)40-9-8(31)5(1-37-42(35)44)38-17(9)30-4-26-7-14(30)27-19(22)28-16(7)33/h2-5,8-12,17-18,31,34H,1H2,(H5-,22,23,24,27,28,32,33,35,36,44,45)/p+1/t5-,8-,9-,10-,11-,12?,17-,18-,20+,43?/m1/s1. The van der Waals surface area contributed by atoms with Crippen molar-refractivity contribution in [3.05, 3.63) is 39.7 Å². The Morgan fingerprint density at radius 2 is 1.84 bits per heavy atom. The lowest BCUT2D eigenvalue weighted by Gasteiger charge is -2.27. The van der Waals surface area contributed by atoms with E-state index in [9.17, 15) is 29.3 Å². The molecule has 0 bridgehead atoms. The van der Waals surface area contributed by atoms with Gasteiger partial charge in [0.2, 0.25) is 5.95 Å². The molecule has 3 aliphatic rings. The second-order valence-electron chi connectivity index (χ2n) is 10.2. The van der Waals surface area contributed by atoms with Crippen molar-refractivity contribution in [2.75, 3.05) is 12.3 Å². The minimum atomic E-state index is -4.46. The number of alkyl halides is 1. The minimum Gasteiger partial charge on any atom is -0.387 e. The molecule has 7 rings (SSSR count). The average molecular weight is 709 g/mol. The molecule has 2 aliphatic heterocycles. The van der Waals surface area contributed by atoms with Gasteiger partial charge >= 0.3 is 13.9 Å². The summed E-state index contributed by atoms with van der Waals surface area (Å²) in [5, 5.41) is 22.1. The molecule has 1 saturated carbocycles. The van der Waals surface area contributed by atoms with Gasteiger partial charge in [-0.1, -0.05) is 0 Å². The molecule has 0 radical (unpaired) electrons. The Morgan fingerprint density at radius 3 is 2.51 bits per heavy atom. The zero-order valence-corrected chi connectivity index (χ0v) is 25.6. The first-order valence-electron chi connectivity index (χ1n) is 12.8. The number of thiol groups is 1. The van der Waals surface area contributed by atoms with Crippen LogP contribution in [0.2, 0.25) is 0 Å². The van der Waals surface area contributed by atoms with E-state index in [0.29, 0.717) is 0 Å². The molecule has 2 saturated heterocycles. The van der Waals surface area contributed by atoms with E-state index in [-0.39, 0.29) is 28.3 Å². The lowest BCUT2D eigenvalue weighted by Crippen LogP contribution is -2.36. The van der Waals surface area contributed by atoms with Crippen LogP contribution in [0, 0.1) is 0 Å². The zero-order chi connectivity index (χ0) is 32.0. The van der Waals surface area contributed by atoms with Crippen LogP contribution in [0.3, 0.4) is 0 Å². The van der Waals surface area contributed by atoms with Crippen molar-refractivity contribution in [2.45, 2.75) is 54.7 Å². The van der Waals surface area contributed by atoms with Gasteiger partial charge in [-0.15, -0.1) is 4.52 Å². The highest BCUT2D eigenvalue weighted by molar-refractivity contribution is 8.39. The summed E-state index contributed by atoms with van der Waals surface area (Å²) in [6.07, 6.45) is -8.82. The summed E-state index contributed by atoms with van der Waals surface area (Å²) < 4.78 is 57.0. The maximum absolute atomic E-state index is 15.6. The number of nitrogens with one attached hydrogen (secondary N) is 2. The number of nitrogens with two attached hydrogens (primary N) is 1. The molecule has 3 fully saturated rings. The first-order valence-corrected chi connectivity index (χ1v) is 17.7. The predicted octanol–water partition coefficient (Wildman–Crippen LogP) is -1.34. The molecule has 3 unspecified atom stereocenters. The highest BCUT2D eigenvalue weighted by Crippen LogP contribution is 2.63. The minimum absolute atomic E-state index is 0.0110. The normalized spacial score (nSPS) is 34.3. The molecule has 0 amide bonds. The third kappa shape index (κ3) is 5.03. The first-order chi connectivity index (χ1) is 21.3. The summed E-state index contributed by atoms with van der Waals surface area (Å²) >= 11 is 8.83. The summed E-state index contributed by atoms with van der Waals surface area (Å²) in [6, 6.07) is 0. The fourth-order valence-corrected chi connectivity index (χ4v) is 7.65. The summed E-state index contributed by atoms with van der Waals surface area (Å²) in [5.41, 5.74) is 1.89. The van der Waals surface area contributed by atoms with Crippen LogP contribution in [0.25, 0.3) is 22.3 Å². The number of H-pyrrole nitrogens is 2. The summed E-state index contributed by atoms with van der Waals surface area (Å²) in [5.74, 6) is -0.258. The number of nitrogens with zero attached hydrogens (tertiary/aromatic N) is 6. The Morgan fingerprint density at radius 1 is 1.16 bits per heavy atom. The third-order valence-electron chi connectivity index (χ3n) is 7.58. The topological polar surface area (TPSA) is 277 Å². The van der Waals surface area contributed by atoms with Crippen molar-refractivity contribution >= 4 is 66.3 Å². The van der Waals surface area contributed by atoms with Crippen LogP contribution in [-0.4, -0.2) is 103 Å². The highest BCUT2D eigenvalue weighted by atomic mass is 32.7. The van der Waals surface area contributed by atoms with Crippen molar-refractivity contribution in [3.63, 3.8) is 0 Å². The van der Waals surface area contributed by atoms with Gasteiger partial charge in [-0.25, -0.2) is 19.3 Å². The van der Waals surface area contributed by atoms with E-state index in [0.717, 1.165) is 23.5 Å². The van der Waals surface area contributed by atoms with Gasteiger partial charge in [0.05, 0.1) is 19.0 Å². The number of fused-ring (bicyclic) bond motifs is 3. The summed E-state index contributed by atoms with van der Waals surface area (Å²) in [6.45, 7) is -4.90. The number of hydrogen-bond donors (Lipinski definition) is 7. The second-order valence-corrected chi connectivity index (χ2v) is 14.7. The molecular formula is C20H21FN9O11P2S2+. The fourth-order valence-electron chi connectivity index (χ4n) is 5.45. The molecule has 6 heterocycles. The van der Waals surface area contributed by atoms with Gasteiger partial charge < -0.3 is 35.3 Å². The van der Waals surface area contributed by atoms with Gasteiger partial charge in [0.15, 0.2) is 46.6 Å². The molecule has 0 aromatic carbocycles. The van der Waals surface area contributed by atoms with Crippen LogP contribution in [-0.2, 0) is 39.4 Å². The van der Waals surface area contributed by atoms with Crippen LogP contribution >= 0.6 is 26.2 Å². The van der Waals surface area contributed by atoms with E-state index in [2.05, 4.69) is 42.2 Å². The number of ether oxygens (including phenoxy) is 2. The summed E-state index contributed by atoms with van der Waals surface area (Å²) in [4.78, 5) is 55.9. The van der Waals surface area contributed by atoms with Crippen LogP contribution < -0.4 is 16.9 Å². The Bertz CT molecular complexity index is 2010. The largest absolute Gasteiger partial charge is 0.582 e. The molecule has 0 spiro atoms. The van der Waals surface area contributed by atoms with Crippen LogP contribution in [0.15, 0.2) is 28.6 Å². The van der Waals surface area contributed by atoms with Crippen molar-refractivity contribution in [3.8, 4) is 0 Å². The Balaban J connectivity index is 1.12. The van der Waals surface area contributed by atoms with E-state index >= 15 is 4.39 Å². The Labute approximate surface area is 258 Å². The smallest absolute Gasteiger partial charge is 0.387 e. The van der Waals surface area contributed by atoms with Gasteiger partial charge in [-0.3, -0.25) is 32.8 Å². The molecule has 4 aromatic heterocycles. The zero-order valence-electron chi connectivity index (χ0n) is 22.1. The number of imidazole rings is 2. The lowest BCUT2D eigenvalue weighted by molar-refractivity contribution is -0.0646. The van der Waals surface area contributed by atoms with E-state index in [1.165, 1.54) is 4.57 Å². The molecular weight excluding hydrogens is 687 g/mol. The maximum atomic E-state index is 15.6. The number of hydrogen-bond acceptors (Lipinski definition) is 16. The van der Waals surface area contributed by atoms with Crippen molar-refractivity contribution in [1.82, 2.24) is 39.0 Å². The molecule has 25 heteroatoms. The summed E-state index contributed by atoms with van der Waals surface area (Å²) in [7, 11) is -2.39. The number of anilines is 1. The SMILES string of the molecule is Nc1nc2c(ncn2[C@@H]2O[C@H](CO[P+](=O)S)[C@@H](O)[C@H]2OP(O)(=S)OC2[C@H]3O[C@@H](n4cnc5c(=O)[nH]cnc54)[C@@H](F)[C@@]23O)c(=O)[nH]1. The second kappa shape index (κ2) is 10.9. The molecule has 20 nitrogen and oxygen atoms in total. The van der Waals surface area contributed by atoms with Crippen molar-refractivity contribution in [1.29, 1.82) is 0 Å². The molecule has 7 N–H and O–H groups in total. The number of aromatic nitrogens is 8. The molecule has 240 valence electrons. The van der Waals surface area contributed by atoms with Gasteiger partial charge in [-0.05, 0) is 16.4 Å². The fraction of sp³-hybridized carbons (Fsp3) is 0.500. The first kappa shape index (κ1) is 30.8. The monoisotopic (exact) mass is 708 g/mol. The molecule has 1 aliphatic carbocycles. The number of aliphatic hydroxyl groups is 2. The third-order valence-corrected chi connectivity index (χ3v) is 9.82. The Hall–Kier alpha value is -2.79. The molecule has 4 aromatic rings. The molecule has 45 heavy (non-hydrogen) atoms. The van der Waals surface area contributed by atoms with Crippen LogP contribution in [0.1, 0.15) is 12.5 Å². The number of halogens is 1. The van der Waals surface area contributed by atoms with Gasteiger partial charge in [0.25, 0.3) is 11.1 Å². The number of aliphatic hydroxyl groups excluding tert-OH is 1. The number of rotatable bonds is 9. The van der Waals surface area contributed by atoms with Gasteiger partial charge in [0.1, 0.15) is 49.4 Å².